The van der Waals surface area contributed by atoms with Gasteiger partial charge in [0.25, 0.3) is 11.8 Å². The largest absolute Gasteiger partial charge is 0.398 e. The van der Waals surface area contributed by atoms with Crippen molar-refractivity contribution in [3.63, 3.8) is 0 Å². The number of rotatable bonds is 8. The van der Waals surface area contributed by atoms with Crippen molar-refractivity contribution in [2.45, 2.75) is 50.1 Å². The topological polar surface area (TPSA) is 105 Å². The molecule has 1 unspecified atom stereocenters. The van der Waals surface area contributed by atoms with E-state index in [1.54, 1.807) is 43.1 Å². The number of likely N-dealkylation sites (N-methyl/N-ethyl adjacent to an activating group) is 1. The van der Waals surface area contributed by atoms with Crippen LogP contribution < -0.4 is 21.3 Å². The summed E-state index contributed by atoms with van der Waals surface area (Å²) >= 11 is 0. The summed E-state index contributed by atoms with van der Waals surface area (Å²) in [7, 11) is 1.73. The minimum Gasteiger partial charge on any atom is -0.398 e. The molecule has 1 aliphatic rings. The van der Waals surface area contributed by atoms with Crippen LogP contribution in [0, 0.1) is 0 Å². The highest BCUT2D eigenvalue weighted by Gasteiger charge is 2.48. The third kappa shape index (κ3) is 5.66. The maximum atomic E-state index is 14.0. The Bertz CT molecular complexity index is 1260. The Kier molecular flexibility index (Phi) is 7.62. The molecule has 7 heteroatoms. The molecule has 1 atom stereocenters. The molecule has 0 saturated heterocycles. The molecule has 4 N–H and O–H groups in total. The van der Waals surface area contributed by atoms with Gasteiger partial charge in [-0.15, -0.1) is 0 Å². The Morgan fingerprint density at radius 3 is 2.08 bits per heavy atom. The molecule has 0 aromatic heterocycles. The summed E-state index contributed by atoms with van der Waals surface area (Å²) in [5.41, 5.74) is 5.93. The lowest BCUT2D eigenvalue weighted by Gasteiger charge is -2.38. The van der Waals surface area contributed by atoms with Crippen molar-refractivity contribution in [3.05, 3.63) is 96.1 Å². The number of anilines is 2. The molecular weight excluding hydrogens is 464 g/mol. The van der Waals surface area contributed by atoms with Gasteiger partial charge in [0.05, 0.1) is 5.56 Å². The second kappa shape index (κ2) is 10.9. The van der Waals surface area contributed by atoms with E-state index < -0.39 is 22.9 Å². The quantitative estimate of drug-likeness (QED) is 0.407. The lowest BCUT2D eigenvalue weighted by molar-refractivity contribution is -0.134. The van der Waals surface area contributed by atoms with Gasteiger partial charge < -0.3 is 21.3 Å². The van der Waals surface area contributed by atoms with Gasteiger partial charge in [-0.3, -0.25) is 14.4 Å². The highest BCUT2D eigenvalue weighted by Crippen LogP contribution is 2.33. The number of para-hydroxylation sites is 2. The zero-order chi connectivity index (χ0) is 26.5. The molecule has 3 amide bonds. The summed E-state index contributed by atoms with van der Waals surface area (Å²) in [6.07, 6.45) is 2.98. The summed E-state index contributed by atoms with van der Waals surface area (Å²) in [5, 5.41) is 6.03. The lowest BCUT2D eigenvalue weighted by atomic mass is 9.88. The molecule has 3 aromatic rings. The normalized spacial score (nSPS) is 15.8. The van der Waals surface area contributed by atoms with E-state index in [4.69, 9.17) is 5.73 Å². The molecule has 192 valence electrons. The zero-order valence-electron chi connectivity index (χ0n) is 21.4. The van der Waals surface area contributed by atoms with E-state index in [0.717, 1.165) is 24.1 Å². The van der Waals surface area contributed by atoms with Crippen LogP contribution in [0.3, 0.4) is 0 Å². The molecule has 1 fully saturated rings. The molecule has 0 aliphatic heterocycles. The highest BCUT2D eigenvalue weighted by atomic mass is 16.2. The number of carbonyl (C=O) groups excluding carboxylic acids is 3. The van der Waals surface area contributed by atoms with Crippen LogP contribution in [-0.4, -0.2) is 35.8 Å². The van der Waals surface area contributed by atoms with Crippen LogP contribution >= 0.6 is 0 Å². The van der Waals surface area contributed by atoms with Crippen LogP contribution in [0.1, 0.15) is 48.5 Å². The number of amides is 3. The van der Waals surface area contributed by atoms with Crippen LogP contribution in [0.4, 0.5) is 11.4 Å². The van der Waals surface area contributed by atoms with Gasteiger partial charge in [-0.1, -0.05) is 73.5 Å². The first kappa shape index (κ1) is 25.9. The van der Waals surface area contributed by atoms with Gasteiger partial charge in [0.1, 0.15) is 11.1 Å². The maximum Gasteiger partial charge on any atom is 0.254 e. The van der Waals surface area contributed by atoms with Gasteiger partial charge >= 0.3 is 0 Å². The van der Waals surface area contributed by atoms with Crippen LogP contribution in [0.25, 0.3) is 0 Å². The van der Waals surface area contributed by atoms with Gasteiger partial charge in [-0.05, 0) is 49.6 Å². The molecule has 4 rings (SSSR count). The van der Waals surface area contributed by atoms with E-state index in [9.17, 15) is 14.4 Å². The standard InChI is InChI=1S/C30H34N4O3/c1-29(21-22-13-5-3-6-14-22,32-26(35)24-17-9-10-18-25(24)31)27(36)33-30(19-11-12-20-30)28(37)34(2)23-15-7-4-8-16-23/h3-10,13-18H,11-12,19-21,31H2,1-2H3,(H,32,35)(H,33,36). The highest BCUT2D eigenvalue weighted by molar-refractivity contribution is 6.05. The van der Waals surface area contributed by atoms with Crippen LogP contribution in [-0.2, 0) is 16.0 Å². The third-order valence-corrected chi connectivity index (χ3v) is 7.16. The minimum absolute atomic E-state index is 0.162. The number of nitrogens with zero attached hydrogens (tertiary/aromatic N) is 1. The number of nitrogens with two attached hydrogens (primary N) is 1. The first-order valence-electron chi connectivity index (χ1n) is 12.6. The van der Waals surface area contributed by atoms with Crippen molar-refractivity contribution in [2.75, 3.05) is 17.7 Å². The van der Waals surface area contributed by atoms with Crippen molar-refractivity contribution in [1.82, 2.24) is 10.6 Å². The Labute approximate surface area is 218 Å². The summed E-state index contributed by atoms with van der Waals surface area (Å²) in [5.74, 6) is -1.01. The average Bonchev–Trinajstić information content (AvgIpc) is 3.38. The van der Waals surface area contributed by atoms with Crippen molar-refractivity contribution >= 4 is 29.1 Å². The maximum absolute atomic E-state index is 14.0. The Morgan fingerprint density at radius 1 is 0.892 bits per heavy atom. The molecule has 3 aromatic carbocycles. The Hall–Kier alpha value is -4.13. The van der Waals surface area contributed by atoms with E-state index in [1.807, 2.05) is 60.7 Å². The molecule has 0 spiro atoms. The van der Waals surface area contributed by atoms with E-state index >= 15 is 0 Å². The van der Waals surface area contributed by atoms with E-state index in [2.05, 4.69) is 10.6 Å². The van der Waals surface area contributed by atoms with Crippen LogP contribution in [0.5, 0.6) is 0 Å². The van der Waals surface area contributed by atoms with Crippen molar-refractivity contribution in [1.29, 1.82) is 0 Å². The number of hydrogen-bond donors (Lipinski definition) is 3. The number of nitrogen functional groups attached to an aromatic ring is 1. The van der Waals surface area contributed by atoms with Gasteiger partial charge in [0.2, 0.25) is 5.91 Å². The summed E-state index contributed by atoms with van der Waals surface area (Å²) in [6.45, 7) is 1.69. The van der Waals surface area contributed by atoms with Crippen LogP contribution in [0.2, 0.25) is 0 Å². The molecule has 1 aliphatic carbocycles. The number of hydrogen-bond acceptors (Lipinski definition) is 4. The van der Waals surface area contributed by atoms with Crippen molar-refractivity contribution < 1.29 is 14.4 Å². The molecule has 0 radical (unpaired) electrons. The lowest BCUT2D eigenvalue weighted by Crippen LogP contribution is -2.66. The summed E-state index contributed by atoms with van der Waals surface area (Å²) in [4.78, 5) is 42.7. The molecule has 0 heterocycles. The summed E-state index contributed by atoms with van der Waals surface area (Å²) < 4.78 is 0. The van der Waals surface area contributed by atoms with Gasteiger partial charge in [0.15, 0.2) is 0 Å². The Morgan fingerprint density at radius 2 is 1.46 bits per heavy atom. The first-order chi connectivity index (χ1) is 17.7. The minimum atomic E-state index is -1.33. The molecule has 7 nitrogen and oxygen atoms in total. The third-order valence-electron chi connectivity index (χ3n) is 7.16. The predicted octanol–water partition coefficient (Wildman–Crippen LogP) is 4.09. The Balaban J connectivity index is 1.64. The fourth-order valence-electron chi connectivity index (χ4n) is 5.02. The monoisotopic (exact) mass is 498 g/mol. The van der Waals surface area contributed by atoms with E-state index in [1.165, 1.54) is 0 Å². The second-order valence-electron chi connectivity index (χ2n) is 9.98. The fourth-order valence-corrected chi connectivity index (χ4v) is 5.02. The van der Waals surface area contributed by atoms with Crippen molar-refractivity contribution in [3.8, 4) is 0 Å². The number of benzene rings is 3. The SMILES string of the molecule is CN(C(=O)C1(NC(=O)C(C)(Cc2ccccc2)NC(=O)c2ccccc2N)CCCC1)c1ccccc1. The van der Waals surface area contributed by atoms with Gasteiger partial charge in [-0.25, -0.2) is 0 Å². The predicted molar refractivity (Wildman–Crippen MR) is 146 cm³/mol. The first-order valence-corrected chi connectivity index (χ1v) is 12.6. The van der Waals surface area contributed by atoms with E-state index in [0.29, 0.717) is 24.1 Å². The van der Waals surface area contributed by atoms with Crippen molar-refractivity contribution in [2.24, 2.45) is 0 Å². The summed E-state index contributed by atoms with van der Waals surface area (Å²) in [6, 6.07) is 25.6. The van der Waals surface area contributed by atoms with Crippen LogP contribution in [0.15, 0.2) is 84.9 Å². The fraction of sp³-hybridized carbons (Fsp3) is 0.300. The molecular formula is C30H34N4O3. The van der Waals surface area contributed by atoms with E-state index in [-0.39, 0.29) is 12.3 Å². The average molecular weight is 499 g/mol. The smallest absolute Gasteiger partial charge is 0.254 e. The molecule has 1 saturated carbocycles. The molecule has 37 heavy (non-hydrogen) atoms. The number of nitrogens with one attached hydrogen (secondary N) is 2. The zero-order valence-corrected chi connectivity index (χ0v) is 21.4. The molecule has 0 bridgehead atoms. The number of carbonyl (C=O) groups is 3. The second-order valence-corrected chi connectivity index (χ2v) is 9.98. The van der Waals surface area contributed by atoms with Gasteiger partial charge in [-0.2, -0.15) is 0 Å². The van der Waals surface area contributed by atoms with Gasteiger partial charge in [0, 0.05) is 24.8 Å².